The maximum Gasteiger partial charge on any atom is 0.387 e. The quantitative estimate of drug-likeness (QED) is 0.180. The third-order valence-electron chi connectivity index (χ3n) is 8.50. The second kappa shape index (κ2) is 15.3. The molecule has 6 rings (SSSR count). The molecule has 1 saturated heterocycles. The number of carbonyl (C=O) groups is 2. The Balaban J connectivity index is 1.24. The number of benzene rings is 2. The number of nitrogens with one attached hydrogen (secondary N) is 1. The number of hydrogen-bond donors (Lipinski definition) is 2. The molecule has 2 atom stereocenters. The fourth-order valence-electron chi connectivity index (χ4n) is 5.63. The van der Waals surface area contributed by atoms with E-state index in [1.165, 1.54) is 23.1 Å². The largest absolute Gasteiger partial charge is 0.489 e. The zero-order chi connectivity index (χ0) is 35.4. The lowest BCUT2D eigenvalue weighted by atomic mass is 10.0. The predicted molar refractivity (Wildman–Crippen MR) is 172 cm³/mol. The molecule has 2 fully saturated rings. The van der Waals surface area contributed by atoms with Gasteiger partial charge in [-0.1, -0.05) is 6.07 Å². The number of piperazine rings is 1. The van der Waals surface area contributed by atoms with Crippen LogP contribution in [0, 0.1) is 17.6 Å². The number of pyridine rings is 1. The van der Waals surface area contributed by atoms with Gasteiger partial charge in [-0.2, -0.15) is 8.78 Å². The van der Waals surface area contributed by atoms with Crippen LogP contribution in [0.15, 0.2) is 65.3 Å². The number of ether oxygens (including phenoxy) is 2. The number of amides is 2. The topological polar surface area (TPSA) is 136 Å². The van der Waals surface area contributed by atoms with E-state index in [1.807, 2.05) is 12.1 Å². The molecule has 4 aromatic rings. The number of oxazole rings is 1. The van der Waals surface area contributed by atoms with Crippen LogP contribution in [-0.2, 0) is 11.3 Å². The van der Waals surface area contributed by atoms with Gasteiger partial charge in [0.05, 0.1) is 12.6 Å². The molecule has 2 aliphatic rings. The van der Waals surface area contributed by atoms with Crippen LogP contribution in [0.25, 0.3) is 11.5 Å². The van der Waals surface area contributed by atoms with Crippen LogP contribution < -0.4 is 20.5 Å². The number of carbonyl (C=O) groups excluding carboxylic acids is 2. The van der Waals surface area contributed by atoms with Crippen LogP contribution in [0.2, 0.25) is 0 Å². The summed E-state index contributed by atoms with van der Waals surface area (Å²) in [5.41, 5.74) is 6.98. The number of hydrogen-bond acceptors (Lipinski definition) is 9. The predicted octanol–water partition coefficient (Wildman–Crippen LogP) is 5.24. The lowest BCUT2D eigenvalue weighted by Gasteiger charge is -2.36. The second-order valence-corrected chi connectivity index (χ2v) is 12.3. The number of halogens is 4. The van der Waals surface area contributed by atoms with Gasteiger partial charge < -0.3 is 29.8 Å². The molecular weight excluding hydrogens is 660 g/mol. The first-order valence-corrected chi connectivity index (χ1v) is 16.2. The van der Waals surface area contributed by atoms with Crippen molar-refractivity contribution in [2.24, 2.45) is 11.7 Å². The normalized spacial score (nSPS) is 16.3. The van der Waals surface area contributed by atoms with Crippen molar-refractivity contribution in [2.45, 2.75) is 45.0 Å². The zero-order valence-electron chi connectivity index (χ0n) is 27.2. The molecule has 0 bridgehead atoms. The van der Waals surface area contributed by atoms with E-state index < -0.39 is 42.1 Å². The van der Waals surface area contributed by atoms with Gasteiger partial charge in [-0.15, -0.1) is 0 Å². The standard InChI is InChI=1S/C35H36F4N6O5/c1-20(40)31-30(43-33(50-31)23-4-7-27(49-35(38)39)28(16-23)48-19-22-2-3-22)32(46)42-29(25-6-5-24(36)17-26(25)37)34(47)45-14-12-44(13-15-45)18-21-8-10-41-11-9-21/h4-11,16-17,20,22,29,35H,2-3,12-15,18-19,40H2,1H3,(H,42,46)/t20-,29-/m0/s1. The summed E-state index contributed by atoms with van der Waals surface area (Å²) in [6.45, 7) is 1.08. The summed E-state index contributed by atoms with van der Waals surface area (Å²) in [5, 5.41) is 2.58. The Morgan fingerprint density at radius 3 is 2.42 bits per heavy atom. The van der Waals surface area contributed by atoms with Crippen molar-refractivity contribution in [1.29, 1.82) is 0 Å². The van der Waals surface area contributed by atoms with E-state index in [-0.39, 0.29) is 40.0 Å². The molecule has 0 unspecified atom stereocenters. The highest BCUT2D eigenvalue weighted by Crippen LogP contribution is 2.37. The molecule has 0 radical (unpaired) electrons. The maximum atomic E-state index is 15.2. The van der Waals surface area contributed by atoms with Crippen LogP contribution in [0.3, 0.4) is 0 Å². The van der Waals surface area contributed by atoms with Crippen molar-refractivity contribution in [3.8, 4) is 23.0 Å². The summed E-state index contributed by atoms with van der Waals surface area (Å²) in [4.78, 5) is 39.9. The Morgan fingerprint density at radius 1 is 1.02 bits per heavy atom. The van der Waals surface area contributed by atoms with Crippen LogP contribution >= 0.6 is 0 Å². The molecule has 1 aliphatic heterocycles. The number of alkyl halides is 2. The van der Waals surface area contributed by atoms with Crippen LogP contribution in [0.1, 0.15) is 59.2 Å². The van der Waals surface area contributed by atoms with E-state index in [4.69, 9.17) is 14.9 Å². The SMILES string of the molecule is C[C@H](N)c1oc(-c2ccc(OC(F)F)c(OCC3CC3)c2)nc1C(=O)N[C@H](C(=O)N1CCN(Cc2ccncc2)CC1)c1ccc(F)cc1F. The molecule has 3 N–H and O–H groups in total. The Kier molecular flexibility index (Phi) is 10.6. The average Bonchev–Trinajstić information content (AvgIpc) is 3.81. The highest BCUT2D eigenvalue weighted by molar-refractivity contribution is 5.97. The highest BCUT2D eigenvalue weighted by atomic mass is 19.3. The smallest absolute Gasteiger partial charge is 0.387 e. The van der Waals surface area contributed by atoms with Crippen molar-refractivity contribution in [3.05, 3.63) is 95.1 Å². The van der Waals surface area contributed by atoms with Crippen molar-refractivity contribution in [1.82, 2.24) is 25.1 Å². The third kappa shape index (κ3) is 8.40. The van der Waals surface area contributed by atoms with Gasteiger partial charge in [0.1, 0.15) is 17.7 Å². The van der Waals surface area contributed by atoms with E-state index in [0.717, 1.165) is 30.5 Å². The molecule has 0 spiro atoms. The Hall–Kier alpha value is -5.02. The van der Waals surface area contributed by atoms with E-state index >= 15 is 4.39 Å². The van der Waals surface area contributed by atoms with Gasteiger partial charge >= 0.3 is 6.61 Å². The lowest BCUT2D eigenvalue weighted by molar-refractivity contribution is -0.135. The summed E-state index contributed by atoms with van der Waals surface area (Å²) in [6.07, 6.45) is 5.35. The molecule has 3 heterocycles. The van der Waals surface area contributed by atoms with Gasteiger partial charge in [0.25, 0.3) is 5.91 Å². The van der Waals surface area contributed by atoms with Crippen molar-refractivity contribution < 1.29 is 41.0 Å². The number of aromatic nitrogens is 2. The zero-order valence-corrected chi connectivity index (χ0v) is 27.2. The number of nitrogens with zero attached hydrogens (tertiary/aromatic N) is 4. The van der Waals surface area contributed by atoms with Crippen molar-refractivity contribution in [2.75, 3.05) is 32.8 Å². The molecule has 264 valence electrons. The summed E-state index contributed by atoms with van der Waals surface area (Å²) >= 11 is 0. The molecule has 2 amide bonds. The minimum absolute atomic E-state index is 0.0404. The number of rotatable bonds is 13. The summed E-state index contributed by atoms with van der Waals surface area (Å²) < 4.78 is 71.5. The molecule has 2 aromatic heterocycles. The molecule has 1 saturated carbocycles. The van der Waals surface area contributed by atoms with Crippen molar-refractivity contribution >= 4 is 11.8 Å². The third-order valence-corrected chi connectivity index (χ3v) is 8.50. The van der Waals surface area contributed by atoms with Gasteiger partial charge in [0.15, 0.2) is 23.0 Å². The first-order chi connectivity index (χ1) is 24.0. The molecule has 15 heteroatoms. The van der Waals surface area contributed by atoms with Crippen molar-refractivity contribution in [3.63, 3.8) is 0 Å². The van der Waals surface area contributed by atoms with Gasteiger partial charge in [-0.3, -0.25) is 19.5 Å². The van der Waals surface area contributed by atoms with Gasteiger partial charge in [0, 0.05) is 62.3 Å². The average molecular weight is 697 g/mol. The maximum absolute atomic E-state index is 15.2. The molecular formula is C35H36F4N6O5. The van der Waals surface area contributed by atoms with Crippen LogP contribution in [0.5, 0.6) is 11.5 Å². The second-order valence-electron chi connectivity index (χ2n) is 12.3. The first-order valence-electron chi connectivity index (χ1n) is 16.2. The fraction of sp³-hybridized carbons (Fsp3) is 0.371. The minimum atomic E-state index is -3.08. The lowest BCUT2D eigenvalue weighted by Crippen LogP contribution is -2.52. The Bertz CT molecular complexity index is 1810. The Labute approximate surface area is 285 Å². The summed E-state index contributed by atoms with van der Waals surface area (Å²) in [6, 6.07) is 8.28. The minimum Gasteiger partial charge on any atom is -0.489 e. The Morgan fingerprint density at radius 2 is 1.76 bits per heavy atom. The van der Waals surface area contributed by atoms with Gasteiger partial charge in [0.2, 0.25) is 11.8 Å². The van der Waals surface area contributed by atoms with E-state index in [1.54, 1.807) is 19.3 Å². The van der Waals surface area contributed by atoms with E-state index in [9.17, 15) is 22.8 Å². The van der Waals surface area contributed by atoms with Crippen LogP contribution in [-0.4, -0.2) is 71.0 Å². The summed E-state index contributed by atoms with van der Waals surface area (Å²) in [5.74, 6) is -3.29. The molecule has 11 nitrogen and oxygen atoms in total. The number of nitrogens with two attached hydrogens (primary N) is 1. The van der Waals surface area contributed by atoms with E-state index in [0.29, 0.717) is 51.3 Å². The first kappa shape index (κ1) is 34.8. The molecule has 50 heavy (non-hydrogen) atoms. The molecule has 2 aromatic carbocycles. The highest BCUT2D eigenvalue weighted by Gasteiger charge is 2.34. The molecule has 1 aliphatic carbocycles. The summed E-state index contributed by atoms with van der Waals surface area (Å²) in [7, 11) is 0. The van der Waals surface area contributed by atoms with Gasteiger partial charge in [-0.05, 0) is 67.6 Å². The van der Waals surface area contributed by atoms with E-state index in [2.05, 4.69) is 24.9 Å². The fourth-order valence-corrected chi connectivity index (χ4v) is 5.63. The van der Waals surface area contributed by atoms with Gasteiger partial charge in [-0.25, -0.2) is 13.8 Å². The monoisotopic (exact) mass is 696 g/mol. The van der Waals surface area contributed by atoms with Crippen LogP contribution in [0.4, 0.5) is 17.6 Å².